The van der Waals surface area contributed by atoms with Crippen LogP contribution < -0.4 is 5.32 Å². The molecule has 12 heavy (non-hydrogen) atoms. The third kappa shape index (κ3) is 0.949. The highest BCUT2D eigenvalue weighted by Crippen LogP contribution is 2.52. The van der Waals surface area contributed by atoms with Crippen molar-refractivity contribution in [1.82, 2.24) is 20.1 Å². The second-order valence-corrected chi connectivity index (χ2v) is 3.39. The molecular formula is C7H11ClN4. The first-order chi connectivity index (χ1) is 5.47. The van der Waals surface area contributed by atoms with Crippen LogP contribution in [0.15, 0.2) is 12.7 Å². The number of nitrogens with one attached hydrogen (secondary N) is 1. The Bertz CT molecular complexity index is 250. The molecule has 0 bridgehead atoms. The second-order valence-electron chi connectivity index (χ2n) is 3.39. The van der Waals surface area contributed by atoms with Gasteiger partial charge < -0.3 is 9.88 Å². The van der Waals surface area contributed by atoms with Crippen LogP contribution in [0.1, 0.15) is 6.04 Å². The van der Waals surface area contributed by atoms with Crippen LogP contribution in [0.25, 0.3) is 0 Å². The van der Waals surface area contributed by atoms with Gasteiger partial charge >= 0.3 is 0 Å². The summed E-state index contributed by atoms with van der Waals surface area (Å²) in [4.78, 5) is 0. The molecule has 1 aromatic rings. The predicted molar refractivity (Wildman–Crippen MR) is 46.2 cm³/mol. The second kappa shape index (κ2) is 2.71. The van der Waals surface area contributed by atoms with Gasteiger partial charge in [0.2, 0.25) is 0 Å². The molecule has 4 nitrogen and oxygen atoms in total. The average Bonchev–Trinajstić information content (AvgIpc) is 2.57. The van der Waals surface area contributed by atoms with Crippen LogP contribution in [0.5, 0.6) is 0 Å². The van der Waals surface area contributed by atoms with Crippen LogP contribution in [-0.4, -0.2) is 27.9 Å². The van der Waals surface area contributed by atoms with E-state index >= 15 is 0 Å². The number of hydrogen-bond donors (Lipinski definition) is 1. The lowest BCUT2D eigenvalue weighted by Gasteiger charge is -2.02. The van der Waals surface area contributed by atoms with Gasteiger partial charge in [-0.25, -0.2) is 0 Å². The van der Waals surface area contributed by atoms with E-state index in [1.165, 1.54) is 13.1 Å². The van der Waals surface area contributed by atoms with Gasteiger partial charge in [0.15, 0.2) is 0 Å². The summed E-state index contributed by atoms with van der Waals surface area (Å²) in [5, 5.41) is 11.0. The molecule has 2 aliphatic rings. The summed E-state index contributed by atoms with van der Waals surface area (Å²) in [6.45, 7) is 2.35. The van der Waals surface area contributed by atoms with Gasteiger partial charge in [-0.05, 0) is 11.8 Å². The number of rotatable bonds is 1. The first-order valence-corrected chi connectivity index (χ1v) is 4.01. The molecular weight excluding hydrogens is 176 g/mol. The summed E-state index contributed by atoms with van der Waals surface area (Å²) in [5.74, 6) is 1.71. The van der Waals surface area contributed by atoms with Gasteiger partial charge in [0, 0.05) is 19.1 Å². The highest BCUT2D eigenvalue weighted by molar-refractivity contribution is 5.85. The molecule has 1 aliphatic heterocycles. The normalized spacial score (nSPS) is 37.2. The largest absolute Gasteiger partial charge is 0.316 e. The first-order valence-electron chi connectivity index (χ1n) is 4.01. The zero-order valence-corrected chi connectivity index (χ0v) is 7.37. The number of halogens is 1. The Kier molecular flexibility index (Phi) is 1.81. The third-order valence-corrected chi connectivity index (χ3v) is 2.83. The van der Waals surface area contributed by atoms with Crippen molar-refractivity contribution in [3.63, 3.8) is 0 Å². The van der Waals surface area contributed by atoms with Crippen molar-refractivity contribution in [2.75, 3.05) is 13.1 Å². The van der Waals surface area contributed by atoms with Crippen molar-refractivity contribution in [2.24, 2.45) is 11.8 Å². The number of piperidine rings is 1. The molecule has 66 valence electrons. The van der Waals surface area contributed by atoms with E-state index in [4.69, 9.17) is 0 Å². The van der Waals surface area contributed by atoms with E-state index in [-0.39, 0.29) is 12.4 Å². The maximum atomic E-state index is 3.80. The van der Waals surface area contributed by atoms with Gasteiger partial charge in [0.05, 0.1) is 0 Å². The van der Waals surface area contributed by atoms with Crippen molar-refractivity contribution < 1.29 is 0 Å². The lowest BCUT2D eigenvalue weighted by Crippen LogP contribution is -2.15. The molecule has 3 atom stereocenters. The summed E-state index contributed by atoms with van der Waals surface area (Å²) >= 11 is 0. The van der Waals surface area contributed by atoms with Crippen molar-refractivity contribution >= 4 is 12.4 Å². The van der Waals surface area contributed by atoms with E-state index in [9.17, 15) is 0 Å². The number of hydrogen-bond acceptors (Lipinski definition) is 3. The lowest BCUT2D eigenvalue weighted by atomic mass is 10.4. The molecule has 1 saturated carbocycles. The molecule has 1 unspecified atom stereocenters. The smallest absolute Gasteiger partial charge is 0.119 e. The maximum Gasteiger partial charge on any atom is 0.119 e. The van der Waals surface area contributed by atoms with Crippen molar-refractivity contribution in [3.8, 4) is 0 Å². The lowest BCUT2D eigenvalue weighted by molar-refractivity contribution is 0.568. The number of aromatic nitrogens is 3. The van der Waals surface area contributed by atoms with Gasteiger partial charge in [-0.15, -0.1) is 22.6 Å². The Morgan fingerprint density at radius 3 is 2.33 bits per heavy atom. The van der Waals surface area contributed by atoms with E-state index in [2.05, 4.69) is 20.1 Å². The highest BCUT2D eigenvalue weighted by Gasteiger charge is 2.53. The minimum Gasteiger partial charge on any atom is -0.316 e. The average molecular weight is 187 g/mol. The third-order valence-electron chi connectivity index (χ3n) is 2.83. The standard InChI is InChI=1S/C7H10N4.ClH/c1-5-6(2-8-1)7(5)11-3-9-10-4-11;/h3-8H,1-2H2;1H/t5-,6+,7?;. The minimum atomic E-state index is 0. The van der Waals surface area contributed by atoms with Crippen LogP contribution in [-0.2, 0) is 0 Å². The number of nitrogens with zero attached hydrogens (tertiary/aromatic N) is 3. The number of fused-ring (bicyclic) bond motifs is 1. The molecule has 1 N–H and O–H groups in total. The summed E-state index contributed by atoms with van der Waals surface area (Å²) in [5.41, 5.74) is 0. The molecule has 3 rings (SSSR count). The summed E-state index contributed by atoms with van der Waals surface area (Å²) in [6.07, 6.45) is 3.64. The van der Waals surface area contributed by atoms with Crippen LogP contribution >= 0.6 is 12.4 Å². The summed E-state index contributed by atoms with van der Waals surface area (Å²) in [6, 6.07) is 0.700. The van der Waals surface area contributed by atoms with Gasteiger partial charge in [-0.2, -0.15) is 0 Å². The van der Waals surface area contributed by atoms with Crippen molar-refractivity contribution in [1.29, 1.82) is 0 Å². The Morgan fingerprint density at radius 2 is 1.75 bits per heavy atom. The molecule has 1 saturated heterocycles. The van der Waals surface area contributed by atoms with Crippen LogP contribution in [0.2, 0.25) is 0 Å². The minimum absolute atomic E-state index is 0. The van der Waals surface area contributed by atoms with Crippen LogP contribution in [0, 0.1) is 11.8 Å². The molecule has 2 heterocycles. The maximum absolute atomic E-state index is 3.80. The zero-order chi connectivity index (χ0) is 7.26. The van der Waals surface area contributed by atoms with E-state index in [0.29, 0.717) is 6.04 Å². The first kappa shape index (κ1) is 8.01. The molecule has 0 aromatic carbocycles. The summed E-state index contributed by atoms with van der Waals surface area (Å²) in [7, 11) is 0. The van der Waals surface area contributed by atoms with E-state index in [0.717, 1.165) is 11.8 Å². The van der Waals surface area contributed by atoms with Crippen LogP contribution in [0.4, 0.5) is 0 Å². The van der Waals surface area contributed by atoms with Gasteiger partial charge in [-0.1, -0.05) is 0 Å². The Hall–Kier alpha value is -0.610. The summed E-state index contributed by atoms with van der Waals surface area (Å²) < 4.78 is 2.14. The Balaban J connectivity index is 0.000000563. The quantitative estimate of drug-likeness (QED) is 0.676. The fourth-order valence-electron chi connectivity index (χ4n) is 2.19. The molecule has 2 fully saturated rings. The van der Waals surface area contributed by atoms with E-state index < -0.39 is 0 Å². The molecule has 1 aliphatic carbocycles. The molecule has 0 spiro atoms. The molecule has 0 radical (unpaired) electrons. The fraction of sp³-hybridized carbons (Fsp3) is 0.714. The zero-order valence-electron chi connectivity index (χ0n) is 6.55. The Labute approximate surface area is 76.8 Å². The van der Waals surface area contributed by atoms with Gasteiger partial charge in [0.25, 0.3) is 0 Å². The van der Waals surface area contributed by atoms with E-state index in [1.807, 2.05) is 12.7 Å². The highest BCUT2D eigenvalue weighted by atomic mass is 35.5. The van der Waals surface area contributed by atoms with Gasteiger partial charge in [-0.3, -0.25) is 0 Å². The van der Waals surface area contributed by atoms with Gasteiger partial charge in [0.1, 0.15) is 12.7 Å². The fourth-order valence-corrected chi connectivity index (χ4v) is 2.19. The van der Waals surface area contributed by atoms with E-state index in [1.54, 1.807) is 0 Å². The topological polar surface area (TPSA) is 42.7 Å². The van der Waals surface area contributed by atoms with Crippen molar-refractivity contribution in [3.05, 3.63) is 12.7 Å². The Morgan fingerprint density at radius 1 is 1.17 bits per heavy atom. The molecule has 0 amide bonds. The SMILES string of the molecule is Cl.c1nncn1C1[C@H]2CNC[C@@H]12. The monoisotopic (exact) mass is 186 g/mol. The molecule has 5 heteroatoms. The molecule has 1 aromatic heterocycles. The van der Waals surface area contributed by atoms with Crippen molar-refractivity contribution in [2.45, 2.75) is 6.04 Å². The van der Waals surface area contributed by atoms with Crippen LogP contribution in [0.3, 0.4) is 0 Å². The predicted octanol–water partition coefficient (Wildman–Crippen LogP) is 0.0902.